The monoisotopic (exact) mass is 222 g/mol. The van der Waals surface area contributed by atoms with Crippen LogP contribution >= 0.6 is 0 Å². The van der Waals surface area contributed by atoms with Crippen molar-refractivity contribution in [3.8, 4) is 0 Å². The van der Waals surface area contributed by atoms with Crippen LogP contribution in [0.4, 0.5) is 10.1 Å². The van der Waals surface area contributed by atoms with Gasteiger partial charge in [-0.1, -0.05) is 0 Å². The Morgan fingerprint density at radius 3 is 2.81 bits per heavy atom. The molecule has 3 nitrogen and oxygen atoms in total. The molecule has 1 fully saturated rings. The first kappa shape index (κ1) is 10.9. The van der Waals surface area contributed by atoms with E-state index in [-0.39, 0.29) is 5.56 Å². The van der Waals surface area contributed by atoms with E-state index in [2.05, 4.69) is 5.32 Å². The van der Waals surface area contributed by atoms with Crippen molar-refractivity contribution in [1.82, 2.24) is 0 Å². The van der Waals surface area contributed by atoms with Crippen LogP contribution in [0.3, 0.4) is 0 Å². The minimum absolute atomic E-state index is 0.210. The number of nitrogens with two attached hydrogens (primary N) is 1. The van der Waals surface area contributed by atoms with Crippen molar-refractivity contribution in [1.29, 1.82) is 0 Å². The molecule has 0 heterocycles. The highest BCUT2D eigenvalue weighted by Crippen LogP contribution is 2.30. The topological polar surface area (TPSA) is 55.1 Å². The lowest BCUT2D eigenvalue weighted by atomic mass is 10.1. The zero-order valence-corrected chi connectivity index (χ0v) is 9.22. The minimum atomic E-state index is -0.603. The molecule has 86 valence electrons. The van der Waals surface area contributed by atoms with E-state index in [9.17, 15) is 9.18 Å². The maximum Gasteiger partial charge on any atom is 0.248 e. The van der Waals surface area contributed by atoms with Crippen LogP contribution in [0.15, 0.2) is 12.1 Å². The van der Waals surface area contributed by atoms with E-state index in [1.165, 1.54) is 18.9 Å². The van der Waals surface area contributed by atoms with E-state index < -0.39 is 11.7 Å². The quantitative estimate of drug-likeness (QED) is 0.819. The van der Waals surface area contributed by atoms with E-state index >= 15 is 0 Å². The van der Waals surface area contributed by atoms with Gasteiger partial charge in [0.25, 0.3) is 0 Å². The van der Waals surface area contributed by atoms with Crippen molar-refractivity contribution in [3.63, 3.8) is 0 Å². The van der Waals surface area contributed by atoms with E-state index in [1.807, 2.05) is 0 Å². The summed E-state index contributed by atoms with van der Waals surface area (Å²) in [5, 5.41) is 3.16. The molecule has 0 atom stereocenters. The van der Waals surface area contributed by atoms with Crippen LogP contribution in [0.5, 0.6) is 0 Å². The molecule has 3 N–H and O–H groups in total. The third-order valence-corrected chi connectivity index (χ3v) is 2.91. The van der Waals surface area contributed by atoms with Crippen LogP contribution in [0.2, 0.25) is 0 Å². The molecule has 0 bridgehead atoms. The summed E-state index contributed by atoms with van der Waals surface area (Å²) < 4.78 is 13.5. The molecule has 1 aromatic carbocycles. The molecule has 0 radical (unpaired) electrons. The number of halogens is 1. The summed E-state index contributed by atoms with van der Waals surface area (Å²) in [4.78, 5) is 11.0. The molecule has 0 unspecified atom stereocenters. The van der Waals surface area contributed by atoms with Gasteiger partial charge in [0.15, 0.2) is 0 Å². The Morgan fingerprint density at radius 1 is 1.56 bits per heavy atom. The largest absolute Gasteiger partial charge is 0.384 e. The van der Waals surface area contributed by atoms with Crippen LogP contribution in [0.25, 0.3) is 0 Å². The maximum atomic E-state index is 13.5. The second-order valence-electron chi connectivity index (χ2n) is 4.32. The van der Waals surface area contributed by atoms with Gasteiger partial charge in [-0.25, -0.2) is 4.39 Å². The van der Waals surface area contributed by atoms with Crippen molar-refractivity contribution in [2.45, 2.75) is 19.8 Å². The van der Waals surface area contributed by atoms with Crippen molar-refractivity contribution in [3.05, 3.63) is 29.1 Å². The highest BCUT2D eigenvalue weighted by atomic mass is 19.1. The summed E-state index contributed by atoms with van der Waals surface area (Å²) in [7, 11) is 0. The van der Waals surface area contributed by atoms with Crippen molar-refractivity contribution in [2.75, 3.05) is 11.9 Å². The Labute approximate surface area is 93.8 Å². The fourth-order valence-electron chi connectivity index (χ4n) is 1.58. The first-order valence-corrected chi connectivity index (χ1v) is 5.41. The Morgan fingerprint density at radius 2 is 2.25 bits per heavy atom. The average molecular weight is 222 g/mol. The molecule has 0 aromatic heterocycles. The van der Waals surface area contributed by atoms with Crippen molar-refractivity contribution < 1.29 is 9.18 Å². The van der Waals surface area contributed by atoms with Crippen molar-refractivity contribution in [2.24, 2.45) is 11.7 Å². The molecule has 0 spiro atoms. The van der Waals surface area contributed by atoms with Crippen molar-refractivity contribution >= 4 is 11.6 Å². The van der Waals surface area contributed by atoms with E-state index in [0.29, 0.717) is 17.2 Å². The first-order valence-electron chi connectivity index (χ1n) is 5.41. The minimum Gasteiger partial charge on any atom is -0.384 e. The summed E-state index contributed by atoms with van der Waals surface area (Å²) in [6.45, 7) is 2.53. The highest BCUT2D eigenvalue weighted by molar-refractivity contribution is 5.94. The van der Waals surface area contributed by atoms with E-state index in [0.717, 1.165) is 6.54 Å². The normalized spacial score (nSPS) is 14.9. The predicted octanol–water partition coefficient (Wildman–Crippen LogP) is 2.05. The molecule has 2 rings (SSSR count). The molecule has 1 aliphatic rings. The number of benzene rings is 1. The van der Waals surface area contributed by atoms with Crippen LogP contribution in [0.1, 0.15) is 28.8 Å². The Bertz CT molecular complexity index is 427. The first-order chi connectivity index (χ1) is 7.58. The Balaban J connectivity index is 2.22. The van der Waals surface area contributed by atoms with Gasteiger partial charge in [-0.15, -0.1) is 0 Å². The zero-order valence-electron chi connectivity index (χ0n) is 9.22. The van der Waals surface area contributed by atoms with Gasteiger partial charge < -0.3 is 11.1 Å². The second-order valence-corrected chi connectivity index (χ2v) is 4.32. The summed E-state index contributed by atoms with van der Waals surface area (Å²) in [5.41, 5.74) is 6.55. The third-order valence-electron chi connectivity index (χ3n) is 2.91. The molecule has 1 aliphatic carbocycles. The number of carbonyl (C=O) groups is 1. The predicted molar refractivity (Wildman–Crippen MR) is 60.9 cm³/mol. The maximum absolute atomic E-state index is 13.5. The number of anilines is 1. The number of amides is 1. The fraction of sp³-hybridized carbons (Fsp3) is 0.417. The lowest BCUT2D eigenvalue weighted by Crippen LogP contribution is -2.13. The second kappa shape index (κ2) is 4.12. The lowest BCUT2D eigenvalue weighted by Gasteiger charge is -2.11. The summed E-state index contributed by atoms with van der Waals surface area (Å²) in [5.74, 6) is -0.303. The standard InChI is InChI=1S/C12H15FN2O/c1-7-10(13)4-9(12(14)16)5-11(7)15-6-8-2-3-8/h4-5,8,15H,2-3,6H2,1H3,(H2,14,16). The molecule has 1 amide bonds. The third kappa shape index (κ3) is 2.32. The summed E-state index contributed by atoms with van der Waals surface area (Å²) >= 11 is 0. The van der Waals surface area contributed by atoms with Gasteiger partial charge >= 0.3 is 0 Å². The van der Waals surface area contributed by atoms with Crippen LogP contribution in [0, 0.1) is 18.7 Å². The lowest BCUT2D eigenvalue weighted by molar-refractivity contribution is 0.1000. The summed E-state index contributed by atoms with van der Waals surface area (Å²) in [6.07, 6.45) is 2.45. The molecular formula is C12H15FN2O. The molecule has 1 aromatic rings. The Kier molecular flexibility index (Phi) is 2.81. The van der Waals surface area contributed by atoms with Crippen LogP contribution in [-0.4, -0.2) is 12.5 Å². The van der Waals surface area contributed by atoms with Gasteiger partial charge in [-0.2, -0.15) is 0 Å². The summed E-state index contributed by atoms with van der Waals surface area (Å²) in [6, 6.07) is 2.79. The average Bonchev–Trinajstić information content (AvgIpc) is 3.03. The van der Waals surface area contributed by atoms with Gasteiger partial charge in [0.1, 0.15) is 5.82 Å². The van der Waals surface area contributed by atoms with Crippen LogP contribution in [-0.2, 0) is 0 Å². The SMILES string of the molecule is Cc1c(F)cc(C(N)=O)cc1NCC1CC1. The number of carbonyl (C=O) groups excluding carboxylic acids is 1. The number of rotatable bonds is 4. The molecule has 0 saturated heterocycles. The zero-order chi connectivity index (χ0) is 11.7. The van der Waals surface area contributed by atoms with E-state index in [4.69, 9.17) is 5.73 Å². The van der Waals surface area contributed by atoms with Gasteiger partial charge in [0.2, 0.25) is 5.91 Å². The smallest absolute Gasteiger partial charge is 0.248 e. The Hall–Kier alpha value is -1.58. The molecule has 0 aliphatic heterocycles. The number of nitrogens with one attached hydrogen (secondary N) is 1. The van der Waals surface area contributed by atoms with Crippen LogP contribution < -0.4 is 11.1 Å². The molecule has 16 heavy (non-hydrogen) atoms. The number of primary amides is 1. The van der Waals surface area contributed by atoms with E-state index in [1.54, 1.807) is 13.0 Å². The van der Waals surface area contributed by atoms with Gasteiger partial charge in [-0.3, -0.25) is 4.79 Å². The van der Waals surface area contributed by atoms with Gasteiger partial charge in [0, 0.05) is 23.4 Å². The van der Waals surface area contributed by atoms with Gasteiger partial charge in [0.05, 0.1) is 0 Å². The number of hydrogen-bond donors (Lipinski definition) is 2. The molecule has 4 heteroatoms. The molecule has 1 saturated carbocycles. The molecular weight excluding hydrogens is 207 g/mol. The number of hydrogen-bond acceptors (Lipinski definition) is 2. The van der Waals surface area contributed by atoms with Gasteiger partial charge in [-0.05, 0) is 37.8 Å². The highest BCUT2D eigenvalue weighted by Gasteiger charge is 2.21. The fourth-order valence-corrected chi connectivity index (χ4v) is 1.58.